The van der Waals surface area contributed by atoms with Crippen molar-refractivity contribution in [3.05, 3.63) is 17.5 Å². The minimum absolute atomic E-state index is 0.0891. The maximum absolute atomic E-state index is 11.6. The maximum Gasteiger partial charge on any atom is 0.209 e. The van der Waals surface area contributed by atoms with Gasteiger partial charge in [0.05, 0.1) is 11.9 Å². The highest BCUT2D eigenvalue weighted by atomic mass is 32.2. The van der Waals surface area contributed by atoms with Crippen molar-refractivity contribution < 1.29 is 8.42 Å². The van der Waals surface area contributed by atoms with E-state index in [2.05, 4.69) is 32.4 Å². The standard InChI is InChI=1S/C16H28N4O2S/c1-12-9-13(2)20(17-12)8-4-7-19-10-15(14-5-6-14)16(11-19)18-23(3,21)22/h9,14-16,18H,4-8,10-11H2,1-3H3. The Hall–Kier alpha value is -0.920. The molecule has 1 saturated heterocycles. The van der Waals surface area contributed by atoms with Crippen molar-refractivity contribution in [3.63, 3.8) is 0 Å². The molecule has 6 nitrogen and oxygen atoms in total. The third kappa shape index (κ3) is 4.55. The first-order valence-electron chi connectivity index (χ1n) is 8.52. The summed E-state index contributed by atoms with van der Waals surface area (Å²) < 4.78 is 28.1. The van der Waals surface area contributed by atoms with E-state index >= 15 is 0 Å². The molecular formula is C16H28N4O2S. The lowest BCUT2D eigenvalue weighted by atomic mass is 9.99. The minimum Gasteiger partial charge on any atom is -0.301 e. The van der Waals surface area contributed by atoms with Crippen LogP contribution < -0.4 is 4.72 Å². The fourth-order valence-corrected chi connectivity index (χ4v) is 4.64. The third-order valence-electron chi connectivity index (χ3n) is 4.98. The molecule has 1 aliphatic carbocycles. The van der Waals surface area contributed by atoms with Crippen molar-refractivity contribution >= 4 is 10.0 Å². The van der Waals surface area contributed by atoms with Crippen molar-refractivity contribution in [1.29, 1.82) is 0 Å². The first-order chi connectivity index (χ1) is 10.8. The summed E-state index contributed by atoms with van der Waals surface area (Å²) in [4.78, 5) is 2.41. The lowest BCUT2D eigenvalue weighted by Gasteiger charge is -2.17. The molecule has 1 aromatic heterocycles. The van der Waals surface area contributed by atoms with Crippen molar-refractivity contribution in [2.45, 2.75) is 45.7 Å². The molecule has 0 aromatic carbocycles. The second kappa shape index (κ2) is 6.53. The number of hydrogen-bond acceptors (Lipinski definition) is 4. The average molecular weight is 340 g/mol. The quantitative estimate of drug-likeness (QED) is 0.808. The van der Waals surface area contributed by atoms with Crippen LogP contribution in [0.1, 0.15) is 30.7 Å². The molecule has 0 radical (unpaired) electrons. The van der Waals surface area contributed by atoms with Crippen molar-refractivity contribution in [1.82, 2.24) is 19.4 Å². The number of nitrogens with one attached hydrogen (secondary N) is 1. The molecule has 2 unspecified atom stereocenters. The van der Waals surface area contributed by atoms with Crippen molar-refractivity contribution in [3.8, 4) is 0 Å². The van der Waals surface area contributed by atoms with Crippen LogP contribution in [0.5, 0.6) is 0 Å². The highest BCUT2D eigenvalue weighted by Crippen LogP contribution is 2.41. The van der Waals surface area contributed by atoms with E-state index in [1.165, 1.54) is 24.8 Å². The molecule has 0 amide bonds. The van der Waals surface area contributed by atoms with Crippen LogP contribution in [0.2, 0.25) is 0 Å². The fourth-order valence-electron chi connectivity index (χ4n) is 3.84. The Morgan fingerprint density at radius 2 is 2.00 bits per heavy atom. The molecule has 1 aliphatic heterocycles. The number of aryl methyl sites for hydroxylation is 3. The van der Waals surface area contributed by atoms with E-state index < -0.39 is 10.0 Å². The van der Waals surface area contributed by atoms with Gasteiger partial charge in [-0.1, -0.05) is 0 Å². The Morgan fingerprint density at radius 1 is 1.26 bits per heavy atom. The molecule has 3 rings (SSSR count). The summed E-state index contributed by atoms with van der Waals surface area (Å²) in [5.74, 6) is 1.20. The van der Waals surface area contributed by atoms with Crippen molar-refractivity contribution in [2.75, 3.05) is 25.9 Å². The number of likely N-dealkylation sites (tertiary alicyclic amines) is 1. The summed E-state index contributed by atoms with van der Waals surface area (Å²) in [6.45, 7) is 7.90. The highest BCUT2D eigenvalue weighted by molar-refractivity contribution is 7.88. The molecule has 1 saturated carbocycles. The van der Waals surface area contributed by atoms with Gasteiger partial charge < -0.3 is 4.90 Å². The van der Waals surface area contributed by atoms with Gasteiger partial charge in [-0.15, -0.1) is 0 Å². The van der Waals surface area contributed by atoms with Crippen LogP contribution in [0.15, 0.2) is 6.07 Å². The third-order valence-corrected chi connectivity index (χ3v) is 5.71. The van der Waals surface area contributed by atoms with Crippen LogP contribution in [-0.2, 0) is 16.6 Å². The topological polar surface area (TPSA) is 67.2 Å². The van der Waals surface area contributed by atoms with Crippen LogP contribution in [0.25, 0.3) is 0 Å². The Bertz CT molecular complexity index is 651. The van der Waals surface area contributed by atoms with E-state index in [1.807, 2.05) is 6.92 Å². The van der Waals surface area contributed by atoms with E-state index in [1.54, 1.807) is 0 Å². The summed E-state index contributed by atoms with van der Waals surface area (Å²) >= 11 is 0. The summed E-state index contributed by atoms with van der Waals surface area (Å²) in [5, 5.41) is 4.50. The molecular weight excluding hydrogens is 312 g/mol. The monoisotopic (exact) mass is 340 g/mol. The van der Waals surface area contributed by atoms with Gasteiger partial charge in [0.2, 0.25) is 10.0 Å². The summed E-state index contributed by atoms with van der Waals surface area (Å²) in [6.07, 6.45) is 4.83. The number of nitrogens with zero attached hydrogens (tertiary/aromatic N) is 3. The van der Waals surface area contributed by atoms with Crippen molar-refractivity contribution in [2.24, 2.45) is 11.8 Å². The molecule has 2 fully saturated rings. The molecule has 130 valence electrons. The van der Waals surface area contributed by atoms with Gasteiger partial charge in [0.25, 0.3) is 0 Å². The molecule has 0 spiro atoms. The molecule has 1 N–H and O–H groups in total. The molecule has 2 heterocycles. The lowest BCUT2D eigenvalue weighted by Crippen LogP contribution is -2.40. The number of sulfonamides is 1. The van der Waals surface area contributed by atoms with Crippen LogP contribution in [0.4, 0.5) is 0 Å². The van der Waals surface area contributed by atoms with Gasteiger partial charge in [0.1, 0.15) is 0 Å². The second-order valence-electron chi connectivity index (χ2n) is 7.26. The predicted octanol–water partition coefficient (Wildman–Crippen LogP) is 1.15. The molecule has 0 bridgehead atoms. The smallest absolute Gasteiger partial charge is 0.209 e. The SMILES string of the molecule is Cc1cc(C)n(CCCN2CC(NS(C)(=O)=O)C(C3CC3)C2)n1. The van der Waals surface area contributed by atoms with Gasteiger partial charge >= 0.3 is 0 Å². The first-order valence-corrected chi connectivity index (χ1v) is 10.4. The van der Waals surface area contributed by atoms with Gasteiger partial charge in [0, 0.05) is 31.4 Å². The van der Waals surface area contributed by atoms with Crippen LogP contribution >= 0.6 is 0 Å². The molecule has 23 heavy (non-hydrogen) atoms. The zero-order chi connectivity index (χ0) is 16.6. The van der Waals surface area contributed by atoms with E-state index in [9.17, 15) is 8.42 Å². The van der Waals surface area contributed by atoms with E-state index in [0.717, 1.165) is 44.2 Å². The zero-order valence-corrected chi connectivity index (χ0v) is 15.1. The second-order valence-corrected chi connectivity index (χ2v) is 9.04. The highest BCUT2D eigenvalue weighted by Gasteiger charge is 2.43. The molecule has 2 atom stereocenters. The molecule has 1 aromatic rings. The van der Waals surface area contributed by atoms with Gasteiger partial charge in [-0.05, 0) is 57.6 Å². The molecule has 7 heteroatoms. The van der Waals surface area contributed by atoms with E-state index in [0.29, 0.717) is 5.92 Å². The summed E-state index contributed by atoms with van der Waals surface area (Å²) in [5.41, 5.74) is 2.27. The van der Waals surface area contributed by atoms with Gasteiger partial charge in [-0.3, -0.25) is 4.68 Å². The number of hydrogen-bond donors (Lipinski definition) is 1. The van der Waals surface area contributed by atoms with E-state index in [-0.39, 0.29) is 6.04 Å². The minimum atomic E-state index is -3.13. The maximum atomic E-state index is 11.6. The van der Waals surface area contributed by atoms with Gasteiger partial charge in [0.15, 0.2) is 0 Å². The average Bonchev–Trinajstić information content (AvgIpc) is 3.12. The van der Waals surface area contributed by atoms with Crippen LogP contribution in [0, 0.1) is 25.7 Å². The summed E-state index contributed by atoms with van der Waals surface area (Å²) in [6, 6.07) is 2.19. The first kappa shape index (κ1) is 16.9. The predicted molar refractivity (Wildman–Crippen MR) is 90.7 cm³/mol. The van der Waals surface area contributed by atoms with E-state index in [4.69, 9.17) is 0 Å². The fraction of sp³-hybridized carbons (Fsp3) is 0.812. The van der Waals surface area contributed by atoms with Gasteiger partial charge in [-0.2, -0.15) is 5.10 Å². The zero-order valence-electron chi connectivity index (χ0n) is 14.3. The largest absolute Gasteiger partial charge is 0.301 e. The molecule has 2 aliphatic rings. The normalized spacial score (nSPS) is 26.0. The number of rotatable bonds is 7. The Kier molecular flexibility index (Phi) is 4.80. The Morgan fingerprint density at radius 3 is 2.57 bits per heavy atom. The number of aromatic nitrogens is 2. The Balaban J connectivity index is 1.51. The lowest BCUT2D eigenvalue weighted by molar-refractivity contribution is 0.303. The Labute approximate surface area is 139 Å². The van der Waals surface area contributed by atoms with Crippen LogP contribution in [-0.4, -0.2) is 55.0 Å². The van der Waals surface area contributed by atoms with Crippen LogP contribution in [0.3, 0.4) is 0 Å². The summed E-state index contributed by atoms with van der Waals surface area (Å²) in [7, 11) is -3.13. The van der Waals surface area contributed by atoms with Gasteiger partial charge in [-0.25, -0.2) is 13.1 Å².